The third-order valence-electron chi connectivity index (χ3n) is 5.49. The summed E-state index contributed by atoms with van der Waals surface area (Å²) in [6, 6.07) is 2.45. The second-order valence-corrected chi connectivity index (χ2v) is 7.11. The van der Waals surface area contributed by atoms with Gasteiger partial charge in [0.2, 0.25) is 0 Å². The van der Waals surface area contributed by atoms with E-state index in [2.05, 4.69) is 19.9 Å². The maximum absolute atomic E-state index is 13.3. The normalized spacial score (nSPS) is 22.8. The molecule has 8 heteroatoms. The number of nitrogens with zero attached hydrogens (tertiary/aromatic N) is 5. The van der Waals surface area contributed by atoms with E-state index in [0.29, 0.717) is 24.9 Å². The summed E-state index contributed by atoms with van der Waals surface area (Å²) in [5, 5.41) is 0. The van der Waals surface area contributed by atoms with Crippen LogP contribution in [-0.4, -0.2) is 41.1 Å². The highest BCUT2D eigenvalue weighted by atomic mass is 19.4. The molecule has 0 amide bonds. The number of pyridine rings is 1. The summed E-state index contributed by atoms with van der Waals surface area (Å²) in [6.45, 7) is 6.74. The first-order chi connectivity index (χ1) is 12.3. The van der Waals surface area contributed by atoms with Crippen molar-refractivity contribution in [3.63, 3.8) is 0 Å². The molecule has 0 saturated carbocycles. The lowest BCUT2D eigenvalue weighted by Gasteiger charge is -2.25. The van der Waals surface area contributed by atoms with Crippen molar-refractivity contribution in [1.82, 2.24) is 15.0 Å². The molecule has 4 rings (SSSR count). The molecule has 0 bridgehead atoms. The van der Waals surface area contributed by atoms with E-state index >= 15 is 0 Å². The second-order valence-electron chi connectivity index (χ2n) is 7.11. The van der Waals surface area contributed by atoms with E-state index in [0.717, 1.165) is 36.2 Å². The molecular weight excluding hydrogens is 343 g/mol. The fraction of sp³-hybridized carbons (Fsp3) is 0.500. The fourth-order valence-electron chi connectivity index (χ4n) is 4.05. The maximum Gasteiger partial charge on any atom is 0.419 e. The standard InChI is InChI=1S/C18H20F3N5/c1-11-12(2)23-10-24-16(11)25-6-13-8-26(9-14(13)7-25)17-15(18(19,20)21)4-3-5-22-17/h3-5,10,13-14H,6-9H2,1-2H3. The van der Waals surface area contributed by atoms with Crippen molar-refractivity contribution < 1.29 is 13.2 Å². The summed E-state index contributed by atoms with van der Waals surface area (Å²) in [5.41, 5.74) is 1.37. The molecule has 0 N–H and O–H groups in total. The highest BCUT2D eigenvalue weighted by Crippen LogP contribution is 2.40. The minimum atomic E-state index is -4.39. The predicted molar refractivity (Wildman–Crippen MR) is 92.2 cm³/mol. The van der Waals surface area contributed by atoms with Crippen molar-refractivity contribution in [2.24, 2.45) is 11.8 Å². The first kappa shape index (κ1) is 17.1. The van der Waals surface area contributed by atoms with Crippen LogP contribution in [0.25, 0.3) is 0 Å². The Kier molecular flexibility index (Phi) is 4.00. The van der Waals surface area contributed by atoms with Crippen molar-refractivity contribution in [1.29, 1.82) is 0 Å². The van der Waals surface area contributed by atoms with Crippen molar-refractivity contribution >= 4 is 11.6 Å². The summed E-state index contributed by atoms with van der Waals surface area (Å²) in [7, 11) is 0. The van der Waals surface area contributed by atoms with Crippen LogP contribution >= 0.6 is 0 Å². The zero-order valence-corrected chi connectivity index (χ0v) is 14.7. The molecule has 26 heavy (non-hydrogen) atoms. The molecular formula is C18H20F3N5. The molecule has 2 aliphatic heterocycles. The Hall–Kier alpha value is -2.38. The summed E-state index contributed by atoms with van der Waals surface area (Å²) < 4.78 is 39.8. The number of rotatable bonds is 2. The van der Waals surface area contributed by atoms with Crippen LogP contribution in [0.3, 0.4) is 0 Å². The van der Waals surface area contributed by atoms with Crippen LogP contribution in [0.15, 0.2) is 24.7 Å². The molecule has 4 heterocycles. The number of hydrogen-bond acceptors (Lipinski definition) is 5. The number of fused-ring (bicyclic) bond motifs is 1. The smallest absolute Gasteiger partial charge is 0.356 e. The highest BCUT2D eigenvalue weighted by Gasteiger charge is 2.44. The van der Waals surface area contributed by atoms with Crippen LogP contribution < -0.4 is 9.80 Å². The van der Waals surface area contributed by atoms with Gasteiger partial charge in [0.05, 0.1) is 5.56 Å². The van der Waals surface area contributed by atoms with Gasteiger partial charge in [-0.3, -0.25) is 0 Å². The number of hydrogen-bond donors (Lipinski definition) is 0. The molecule has 0 aromatic carbocycles. The summed E-state index contributed by atoms with van der Waals surface area (Å²) in [5.74, 6) is 1.61. The molecule has 2 atom stereocenters. The largest absolute Gasteiger partial charge is 0.419 e. The molecule has 2 aromatic rings. The summed E-state index contributed by atoms with van der Waals surface area (Å²) in [4.78, 5) is 16.7. The van der Waals surface area contributed by atoms with Gasteiger partial charge in [0.25, 0.3) is 0 Å². The zero-order chi connectivity index (χ0) is 18.5. The SMILES string of the molecule is Cc1ncnc(N2CC3CN(c4ncccc4C(F)(F)F)CC3C2)c1C. The van der Waals surface area contributed by atoms with Crippen molar-refractivity contribution in [3.05, 3.63) is 41.5 Å². The van der Waals surface area contributed by atoms with E-state index in [1.54, 1.807) is 11.2 Å². The Labute approximate surface area is 149 Å². The van der Waals surface area contributed by atoms with Crippen LogP contribution in [0.1, 0.15) is 16.8 Å². The van der Waals surface area contributed by atoms with Gasteiger partial charge in [-0.2, -0.15) is 13.2 Å². The van der Waals surface area contributed by atoms with Crippen LogP contribution in [0, 0.1) is 25.7 Å². The maximum atomic E-state index is 13.3. The molecule has 2 saturated heterocycles. The molecule has 2 aliphatic rings. The summed E-state index contributed by atoms with van der Waals surface area (Å²) in [6.07, 6.45) is -1.39. The Bertz CT molecular complexity index is 809. The average Bonchev–Trinajstić information content (AvgIpc) is 3.15. The molecule has 5 nitrogen and oxygen atoms in total. The Balaban J connectivity index is 1.52. The van der Waals surface area contributed by atoms with Crippen LogP contribution in [-0.2, 0) is 6.18 Å². The summed E-state index contributed by atoms with van der Waals surface area (Å²) >= 11 is 0. The highest BCUT2D eigenvalue weighted by molar-refractivity contribution is 5.52. The number of anilines is 2. The molecule has 0 aliphatic carbocycles. The molecule has 2 aromatic heterocycles. The monoisotopic (exact) mass is 363 g/mol. The van der Waals surface area contributed by atoms with Gasteiger partial charge in [-0.15, -0.1) is 0 Å². The van der Waals surface area contributed by atoms with E-state index in [9.17, 15) is 13.2 Å². The van der Waals surface area contributed by atoms with Gasteiger partial charge in [-0.1, -0.05) is 0 Å². The number of aromatic nitrogens is 3. The van der Waals surface area contributed by atoms with Gasteiger partial charge >= 0.3 is 6.18 Å². The van der Waals surface area contributed by atoms with Gasteiger partial charge < -0.3 is 9.80 Å². The molecule has 0 radical (unpaired) electrons. The Morgan fingerprint density at radius 3 is 2.15 bits per heavy atom. The third kappa shape index (κ3) is 2.87. The lowest BCUT2D eigenvalue weighted by molar-refractivity contribution is -0.137. The topological polar surface area (TPSA) is 45.2 Å². The minimum absolute atomic E-state index is 0.0509. The Morgan fingerprint density at radius 2 is 1.54 bits per heavy atom. The van der Waals surface area contributed by atoms with Crippen molar-refractivity contribution in [3.8, 4) is 0 Å². The van der Waals surface area contributed by atoms with E-state index in [1.165, 1.54) is 12.3 Å². The van der Waals surface area contributed by atoms with Gasteiger partial charge in [0, 0.05) is 55.5 Å². The third-order valence-corrected chi connectivity index (χ3v) is 5.49. The number of halogens is 3. The fourth-order valence-corrected chi connectivity index (χ4v) is 4.05. The molecule has 2 fully saturated rings. The quantitative estimate of drug-likeness (QED) is 0.821. The first-order valence-corrected chi connectivity index (χ1v) is 8.65. The minimum Gasteiger partial charge on any atom is -0.356 e. The lowest BCUT2D eigenvalue weighted by atomic mass is 10.0. The van der Waals surface area contributed by atoms with Gasteiger partial charge in [-0.05, 0) is 26.0 Å². The Morgan fingerprint density at radius 1 is 0.923 bits per heavy atom. The lowest BCUT2D eigenvalue weighted by Crippen LogP contribution is -2.31. The van der Waals surface area contributed by atoms with Crippen LogP contribution in [0.5, 0.6) is 0 Å². The van der Waals surface area contributed by atoms with Gasteiger partial charge in [0.1, 0.15) is 18.0 Å². The number of alkyl halides is 3. The van der Waals surface area contributed by atoms with Crippen LogP contribution in [0.2, 0.25) is 0 Å². The van der Waals surface area contributed by atoms with E-state index in [-0.39, 0.29) is 5.82 Å². The molecule has 2 unspecified atom stereocenters. The van der Waals surface area contributed by atoms with E-state index < -0.39 is 11.7 Å². The average molecular weight is 363 g/mol. The van der Waals surface area contributed by atoms with Crippen molar-refractivity contribution in [2.75, 3.05) is 36.0 Å². The zero-order valence-electron chi connectivity index (χ0n) is 14.7. The van der Waals surface area contributed by atoms with Crippen molar-refractivity contribution in [2.45, 2.75) is 20.0 Å². The van der Waals surface area contributed by atoms with Gasteiger partial charge in [0.15, 0.2) is 0 Å². The number of aryl methyl sites for hydroxylation is 1. The van der Waals surface area contributed by atoms with E-state index in [1.807, 2.05) is 13.8 Å². The molecule has 0 spiro atoms. The predicted octanol–water partition coefficient (Wildman–Crippen LogP) is 3.08. The second kappa shape index (κ2) is 6.10. The first-order valence-electron chi connectivity index (χ1n) is 8.65. The van der Waals surface area contributed by atoms with Gasteiger partial charge in [-0.25, -0.2) is 15.0 Å². The molecule has 138 valence electrons. The van der Waals surface area contributed by atoms with E-state index in [4.69, 9.17) is 0 Å². The van der Waals surface area contributed by atoms with Crippen LogP contribution in [0.4, 0.5) is 24.8 Å².